The van der Waals surface area contributed by atoms with E-state index in [9.17, 15) is 0 Å². The number of anilines is 1. The number of aromatic nitrogens is 2. The average molecular weight is 275 g/mol. The van der Waals surface area contributed by atoms with Crippen molar-refractivity contribution in [3.8, 4) is 0 Å². The lowest BCUT2D eigenvalue weighted by Crippen LogP contribution is -1.99. The second-order valence-electron chi connectivity index (χ2n) is 5.63. The van der Waals surface area contributed by atoms with Gasteiger partial charge in [-0.3, -0.25) is 9.97 Å². The SMILES string of the molecule is c1cnc2cc(NCc3ccc(C4CC4)cc3)ccc2n1. The molecule has 21 heavy (non-hydrogen) atoms. The third-order valence-electron chi connectivity index (χ3n) is 3.99. The fraction of sp³-hybridized carbons (Fsp3) is 0.222. The number of hydrogen-bond donors (Lipinski definition) is 1. The van der Waals surface area contributed by atoms with Crippen LogP contribution in [-0.2, 0) is 6.54 Å². The van der Waals surface area contributed by atoms with Gasteiger partial charge in [-0.15, -0.1) is 0 Å². The molecule has 3 aromatic rings. The first-order valence-corrected chi connectivity index (χ1v) is 7.42. The normalized spacial score (nSPS) is 14.3. The lowest BCUT2D eigenvalue weighted by Gasteiger charge is -2.08. The molecule has 3 heteroatoms. The van der Waals surface area contributed by atoms with E-state index in [-0.39, 0.29) is 0 Å². The molecule has 0 saturated heterocycles. The van der Waals surface area contributed by atoms with Crippen LogP contribution in [0.1, 0.15) is 29.9 Å². The van der Waals surface area contributed by atoms with E-state index in [1.54, 1.807) is 12.4 Å². The standard InChI is InChI=1S/C18H17N3/c1-3-14(15-5-6-15)4-2-13(1)12-21-16-7-8-17-18(11-16)20-10-9-19-17/h1-4,7-11,15,21H,5-6,12H2. The molecular formula is C18H17N3. The van der Waals surface area contributed by atoms with Gasteiger partial charge in [0.1, 0.15) is 0 Å². The fourth-order valence-corrected chi connectivity index (χ4v) is 2.60. The molecule has 1 aliphatic rings. The molecule has 0 bridgehead atoms. The molecule has 1 aliphatic carbocycles. The van der Waals surface area contributed by atoms with E-state index < -0.39 is 0 Å². The highest BCUT2D eigenvalue weighted by atomic mass is 14.9. The number of rotatable bonds is 4. The number of fused-ring (bicyclic) bond motifs is 1. The highest BCUT2D eigenvalue weighted by Gasteiger charge is 2.22. The maximum absolute atomic E-state index is 4.33. The molecule has 1 heterocycles. The summed E-state index contributed by atoms with van der Waals surface area (Å²) in [6.07, 6.45) is 6.16. The van der Waals surface area contributed by atoms with Gasteiger partial charge in [0, 0.05) is 24.6 Å². The molecule has 1 fully saturated rings. The zero-order chi connectivity index (χ0) is 14.1. The second-order valence-corrected chi connectivity index (χ2v) is 5.63. The lowest BCUT2D eigenvalue weighted by molar-refractivity contribution is 1.10. The van der Waals surface area contributed by atoms with Crippen molar-refractivity contribution in [2.24, 2.45) is 0 Å². The molecule has 3 nitrogen and oxygen atoms in total. The number of nitrogens with zero attached hydrogens (tertiary/aromatic N) is 2. The molecule has 1 aromatic heterocycles. The van der Waals surface area contributed by atoms with Crippen molar-refractivity contribution in [3.63, 3.8) is 0 Å². The minimum absolute atomic E-state index is 0.825. The molecule has 0 radical (unpaired) electrons. The number of hydrogen-bond acceptors (Lipinski definition) is 3. The third-order valence-corrected chi connectivity index (χ3v) is 3.99. The van der Waals surface area contributed by atoms with Crippen LogP contribution in [-0.4, -0.2) is 9.97 Å². The van der Waals surface area contributed by atoms with Gasteiger partial charge in [0.05, 0.1) is 11.0 Å². The molecular weight excluding hydrogens is 258 g/mol. The van der Waals surface area contributed by atoms with Gasteiger partial charge in [0.25, 0.3) is 0 Å². The largest absolute Gasteiger partial charge is 0.381 e. The Morgan fingerprint density at radius 3 is 2.43 bits per heavy atom. The highest BCUT2D eigenvalue weighted by Crippen LogP contribution is 2.39. The summed E-state index contributed by atoms with van der Waals surface area (Å²) in [7, 11) is 0. The predicted octanol–water partition coefficient (Wildman–Crippen LogP) is 4.12. The summed E-state index contributed by atoms with van der Waals surface area (Å²) >= 11 is 0. The van der Waals surface area contributed by atoms with Crippen LogP contribution in [0.3, 0.4) is 0 Å². The van der Waals surface area contributed by atoms with Crippen LogP contribution in [0, 0.1) is 0 Å². The first kappa shape index (κ1) is 12.3. The molecule has 104 valence electrons. The Balaban J connectivity index is 1.46. The second kappa shape index (κ2) is 5.17. The van der Waals surface area contributed by atoms with E-state index in [1.165, 1.54) is 24.0 Å². The third kappa shape index (κ3) is 2.72. The molecule has 0 unspecified atom stereocenters. The van der Waals surface area contributed by atoms with E-state index in [2.05, 4.69) is 45.6 Å². The van der Waals surface area contributed by atoms with Crippen molar-refractivity contribution < 1.29 is 0 Å². The van der Waals surface area contributed by atoms with Gasteiger partial charge < -0.3 is 5.32 Å². The average Bonchev–Trinajstić information content (AvgIpc) is 3.38. The summed E-state index contributed by atoms with van der Waals surface area (Å²) in [4.78, 5) is 8.61. The van der Waals surface area contributed by atoms with Crippen molar-refractivity contribution >= 4 is 16.7 Å². The Bertz CT molecular complexity index is 761. The van der Waals surface area contributed by atoms with Gasteiger partial charge in [-0.2, -0.15) is 0 Å². The van der Waals surface area contributed by atoms with E-state index in [1.807, 2.05) is 12.1 Å². The first-order chi connectivity index (χ1) is 10.4. The van der Waals surface area contributed by atoms with Crippen LogP contribution >= 0.6 is 0 Å². The van der Waals surface area contributed by atoms with Crippen LogP contribution in [0.25, 0.3) is 11.0 Å². The Morgan fingerprint density at radius 1 is 0.905 bits per heavy atom. The molecule has 4 rings (SSSR count). The van der Waals surface area contributed by atoms with E-state index in [4.69, 9.17) is 0 Å². The van der Waals surface area contributed by atoms with Crippen LogP contribution in [0.15, 0.2) is 54.9 Å². The monoisotopic (exact) mass is 275 g/mol. The van der Waals surface area contributed by atoms with Crippen molar-refractivity contribution in [3.05, 3.63) is 66.0 Å². The minimum Gasteiger partial charge on any atom is -0.381 e. The minimum atomic E-state index is 0.825. The van der Waals surface area contributed by atoms with Crippen molar-refractivity contribution in [1.82, 2.24) is 9.97 Å². The van der Waals surface area contributed by atoms with Crippen molar-refractivity contribution in [2.75, 3.05) is 5.32 Å². The Kier molecular flexibility index (Phi) is 3.03. The van der Waals surface area contributed by atoms with Gasteiger partial charge in [-0.25, -0.2) is 0 Å². The topological polar surface area (TPSA) is 37.8 Å². The highest BCUT2D eigenvalue weighted by molar-refractivity contribution is 5.78. The maximum Gasteiger partial charge on any atom is 0.0907 e. The quantitative estimate of drug-likeness (QED) is 0.778. The number of nitrogens with one attached hydrogen (secondary N) is 1. The Hall–Kier alpha value is -2.42. The maximum atomic E-state index is 4.33. The van der Waals surface area contributed by atoms with E-state index >= 15 is 0 Å². The van der Waals surface area contributed by atoms with Gasteiger partial charge in [0.2, 0.25) is 0 Å². The summed E-state index contributed by atoms with van der Waals surface area (Å²) in [6, 6.07) is 15.1. The Morgan fingerprint density at radius 2 is 1.67 bits per heavy atom. The molecule has 0 atom stereocenters. The van der Waals surface area contributed by atoms with Gasteiger partial charge in [-0.05, 0) is 48.1 Å². The molecule has 0 aliphatic heterocycles. The Labute approximate surface area is 124 Å². The van der Waals surface area contributed by atoms with Crippen molar-refractivity contribution in [1.29, 1.82) is 0 Å². The summed E-state index contributed by atoms with van der Waals surface area (Å²) in [5.74, 6) is 0.825. The zero-order valence-electron chi connectivity index (χ0n) is 11.8. The molecule has 2 aromatic carbocycles. The lowest BCUT2D eigenvalue weighted by atomic mass is 10.1. The molecule has 0 spiro atoms. The van der Waals surface area contributed by atoms with Gasteiger partial charge in [-0.1, -0.05) is 24.3 Å². The van der Waals surface area contributed by atoms with Crippen LogP contribution < -0.4 is 5.32 Å². The summed E-state index contributed by atoms with van der Waals surface area (Å²) in [5, 5.41) is 3.45. The number of benzene rings is 2. The summed E-state index contributed by atoms with van der Waals surface area (Å²) < 4.78 is 0. The summed E-state index contributed by atoms with van der Waals surface area (Å²) in [6.45, 7) is 0.830. The van der Waals surface area contributed by atoms with Gasteiger partial charge in [0.15, 0.2) is 0 Å². The van der Waals surface area contributed by atoms with E-state index in [0.29, 0.717) is 0 Å². The summed E-state index contributed by atoms with van der Waals surface area (Å²) in [5.41, 5.74) is 5.72. The fourth-order valence-electron chi connectivity index (χ4n) is 2.60. The smallest absolute Gasteiger partial charge is 0.0907 e. The first-order valence-electron chi connectivity index (χ1n) is 7.42. The predicted molar refractivity (Wildman–Crippen MR) is 85.3 cm³/mol. The zero-order valence-corrected chi connectivity index (χ0v) is 11.8. The molecule has 0 amide bonds. The van der Waals surface area contributed by atoms with Crippen LogP contribution in [0.4, 0.5) is 5.69 Å². The van der Waals surface area contributed by atoms with E-state index in [0.717, 1.165) is 29.2 Å². The van der Waals surface area contributed by atoms with Crippen LogP contribution in [0.2, 0.25) is 0 Å². The molecule has 1 saturated carbocycles. The van der Waals surface area contributed by atoms with Crippen molar-refractivity contribution in [2.45, 2.75) is 25.3 Å². The van der Waals surface area contributed by atoms with Crippen LogP contribution in [0.5, 0.6) is 0 Å². The molecule has 1 N–H and O–H groups in total. The van der Waals surface area contributed by atoms with Gasteiger partial charge >= 0.3 is 0 Å².